The van der Waals surface area contributed by atoms with Crippen molar-refractivity contribution in [2.45, 2.75) is 6.54 Å². The number of likely N-dealkylation sites (N-methyl/N-ethyl adjacent to an activating group) is 1. The Balaban J connectivity index is 1.86. The van der Waals surface area contributed by atoms with Gasteiger partial charge in [0.25, 0.3) is 0 Å². The minimum atomic E-state index is 0.433. The molecule has 3 rings (SSSR count). The minimum Gasteiger partial charge on any atom is -0.371 e. The average molecular weight is 275 g/mol. The van der Waals surface area contributed by atoms with Crippen molar-refractivity contribution >= 4 is 23.0 Å². The molecule has 0 saturated heterocycles. The third-order valence-electron chi connectivity index (χ3n) is 3.37. The largest absolute Gasteiger partial charge is 0.371 e. The molecule has 0 aliphatic carbocycles. The molecule has 1 aromatic heterocycles. The lowest BCUT2D eigenvalue weighted by Gasteiger charge is -2.36. The number of hydrogen-bond donors (Lipinski definition) is 0. The van der Waals surface area contributed by atoms with E-state index in [1.54, 1.807) is 12.4 Å². The van der Waals surface area contributed by atoms with Crippen LogP contribution in [0.25, 0.3) is 0 Å². The quantitative estimate of drug-likeness (QED) is 0.843. The third kappa shape index (κ3) is 2.49. The zero-order chi connectivity index (χ0) is 13.2. The van der Waals surface area contributed by atoms with Gasteiger partial charge in [-0.25, -0.2) is 4.98 Å². The molecule has 1 aromatic carbocycles. The van der Waals surface area contributed by atoms with E-state index in [1.807, 2.05) is 0 Å². The molecule has 0 N–H and O–H groups in total. The van der Waals surface area contributed by atoms with E-state index in [9.17, 15) is 0 Å². The van der Waals surface area contributed by atoms with E-state index in [2.05, 4.69) is 51.1 Å². The lowest BCUT2D eigenvalue weighted by Crippen LogP contribution is -2.38. The Kier molecular flexibility index (Phi) is 3.25. The van der Waals surface area contributed by atoms with Gasteiger partial charge in [-0.2, -0.15) is 0 Å². The molecule has 0 unspecified atom stereocenters. The summed E-state index contributed by atoms with van der Waals surface area (Å²) in [6, 6.07) is 8.43. The van der Waals surface area contributed by atoms with Crippen LogP contribution in [-0.2, 0) is 6.54 Å². The van der Waals surface area contributed by atoms with Crippen LogP contribution in [0.15, 0.2) is 36.7 Å². The molecule has 2 heterocycles. The van der Waals surface area contributed by atoms with Crippen molar-refractivity contribution in [1.82, 2.24) is 9.97 Å². The van der Waals surface area contributed by atoms with Crippen molar-refractivity contribution in [1.29, 1.82) is 0 Å². The van der Waals surface area contributed by atoms with Gasteiger partial charge in [0.05, 0.1) is 36.0 Å². The number of halogens is 1. The maximum atomic E-state index is 5.76. The Bertz CT molecular complexity index is 570. The summed E-state index contributed by atoms with van der Waals surface area (Å²) in [5.41, 5.74) is 3.44. The van der Waals surface area contributed by atoms with Crippen molar-refractivity contribution in [3.8, 4) is 0 Å². The van der Waals surface area contributed by atoms with Crippen LogP contribution in [0.3, 0.4) is 0 Å². The Morgan fingerprint density at radius 3 is 2.63 bits per heavy atom. The number of rotatable bonds is 2. The van der Waals surface area contributed by atoms with Crippen LogP contribution in [0.2, 0.25) is 5.15 Å². The van der Waals surface area contributed by atoms with Crippen molar-refractivity contribution < 1.29 is 0 Å². The molecular formula is C14H15ClN4. The second kappa shape index (κ2) is 5.05. The van der Waals surface area contributed by atoms with Crippen molar-refractivity contribution in [2.24, 2.45) is 0 Å². The molecule has 5 heteroatoms. The molecular weight excluding hydrogens is 260 g/mol. The predicted octanol–water partition coefficient (Wildman–Crippen LogP) is 2.59. The summed E-state index contributed by atoms with van der Waals surface area (Å²) < 4.78 is 0. The SMILES string of the molecule is CN1CCN(Cc2cnc(Cl)cn2)c2ccccc21. The van der Waals surface area contributed by atoms with Gasteiger partial charge in [0, 0.05) is 20.1 Å². The monoisotopic (exact) mass is 274 g/mol. The van der Waals surface area contributed by atoms with Crippen LogP contribution in [-0.4, -0.2) is 30.1 Å². The van der Waals surface area contributed by atoms with Crippen molar-refractivity contribution in [3.05, 3.63) is 47.5 Å². The van der Waals surface area contributed by atoms with Crippen molar-refractivity contribution in [3.63, 3.8) is 0 Å². The maximum absolute atomic E-state index is 5.76. The number of aromatic nitrogens is 2. The van der Waals surface area contributed by atoms with Crippen LogP contribution in [0.1, 0.15) is 5.69 Å². The van der Waals surface area contributed by atoms with Gasteiger partial charge < -0.3 is 9.80 Å². The summed E-state index contributed by atoms with van der Waals surface area (Å²) in [5, 5.41) is 0.433. The van der Waals surface area contributed by atoms with E-state index in [1.165, 1.54) is 11.4 Å². The molecule has 19 heavy (non-hydrogen) atoms. The van der Waals surface area contributed by atoms with E-state index in [0.29, 0.717) is 5.15 Å². The van der Waals surface area contributed by atoms with E-state index in [4.69, 9.17) is 11.6 Å². The van der Waals surface area contributed by atoms with Gasteiger partial charge >= 0.3 is 0 Å². The molecule has 0 saturated carbocycles. The topological polar surface area (TPSA) is 32.3 Å². The number of hydrogen-bond acceptors (Lipinski definition) is 4. The molecule has 0 spiro atoms. The first kappa shape index (κ1) is 12.2. The molecule has 98 valence electrons. The minimum absolute atomic E-state index is 0.433. The summed E-state index contributed by atoms with van der Waals surface area (Å²) in [4.78, 5) is 13.0. The highest BCUT2D eigenvalue weighted by Gasteiger charge is 2.19. The highest BCUT2D eigenvalue weighted by molar-refractivity contribution is 6.29. The van der Waals surface area contributed by atoms with Crippen LogP contribution in [0, 0.1) is 0 Å². The predicted molar refractivity (Wildman–Crippen MR) is 77.8 cm³/mol. The Hall–Kier alpha value is -1.81. The Morgan fingerprint density at radius 2 is 1.89 bits per heavy atom. The first-order chi connectivity index (χ1) is 9.24. The molecule has 0 amide bonds. The summed E-state index contributed by atoms with van der Waals surface area (Å²) in [6.07, 6.45) is 3.34. The lowest BCUT2D eigenvalue weighted by molar-refractivity contribution is 0.722. The van der Waals surface area contributed by atoms with Gasteiger partial charge in [0.2, 0.25) is 0 Å². The summed E-state index contributed by atoms with van der Waals surface area (Å²) in [5.74, 6) is 0. The second-order valence-electron chi connectivity index (χ2n) is 4.66. The molecule has 2 aromatic rings. The molecule has 0 atom stereocenters. The van der Waals surface area contributed by atoms with Gasteiger partial charge in [-0.3, -0.25) is 4.98 Å². The molecule has 1 aliphatic heterocycles. The van der Waals surface area contributed by atoms with Crippen LogP contribution >= 0.6 is 11.6 Å². The van der Waals surface area contributed by atoms with Gasteiger partial charge in [0.1, 0.15) is 5.15 Å². The fraction of sp³-hybridized carbons (Fsp3) is 0.286. The number of fused-ring (bicyclic) bond motifs is 1. The Morgan fingerprint density at radius 1 is 1.11 bits per heavy atom. The van der Waals surface area contributed by atoms with Crippen molar-refractivity contribution in [2.75, 3.05) is 29.9 Å². The number of para-hydroxylation sites is 2. The number of benzene rings is 1. The lowest BCUT2D eigenvalue weighted by atomic mass is 10.1. The highest BCUT2D eigenvalue weighted by atomic mass is 35.5. The molecule has 0 bridgehead atoms. The maximum Gasteiger partial charge on any atom is 0.147 e. The smallest absolute Gasteiger partial charge is 0.147 e. The summed E-state index contributed by atoms with van der Waals surface area (Å²) in [6.45, 7) is 2.75. The number of anilines is 2. The van der Waals surface area contributed by atoms with E-state index in [0.717, 1.165) is 25.3 Å². The van der Waals surface area contributed by atoms with E-state index < -0.39 is 0 Å². The zero-order valence-corrected chi connectivity index (χ0v) is 11.5. The second-order valence-corrected chi connectivity index (χ2v) is 5.05. The van der Waals surface area contributed by atoms with Gasteiger partial charge in [-0.05, 0) is 12.1 Å². The molecule has 0 radical (unpaired) electrons. The standard InChI is InChI=1S/C14H15ClN4/c1-18-6-7-19(13-5-3-2-4-12(13)18)10-11-8-17-14(15)9-16-11/h2-5,8-9H,6-7,10H2,1H3. The third-order valence-corrected chi connectivity index (χ3v) is 3.56. The summed E-state index contributed by atoms with van der Waals surface area (Å²) in [7, 11) is 2.12. The van der Waals surface area contributed by atoms with Gasteiger partial charge in [0.15, 0.2) is 0 Å². The van der Waals surface area contributed by atoms with Crippen LogP contribution in [0.4, 0.5) is 11.4 Å². The van der Waals surface area contributed by atoms with E-state index in [-0.39, 0.29) is 0 Å². The van der Waals surface area contributed by atoms with Gasteiger partial charge in [-0.15, -0.1) is 0 Å². The fourth-order valence-corrected chi connectivity index (χ4v) is 2.44. The number of nitrogens with zero attached hydrogens (tertiary/aromatic N) is 4. The van der Waals surface area contributed by atoms with Crippen LogP contribution < -0.4 is 9.80 Å². The Labute approximate surface area is 117 Å². The summed E-state index contributed by atoms with van der Waals surface area (Å²) >= 11 is 5.76. The average Bonchev–Trinajstić information content (AvgIpc) is 2.45. The first-order valence-corrected chi connectivity index (χ1v) is 6.63. The normalized spacial score (nSPS) is 14.4. The van der Waals surface area contributed by atoms with Gasteiger partial charge in [-0.1, -0.05) is 23.7 Å². The molecule has 0 fully saturated rings. The van der Waals surface area contributed by atoms with E-state index >= 15 is 0 Å². The first-order valence-electron chi connectivity index (χ1n) is 6.25. The van der Waals surface area contributed by atoms with Crippen LogP contribution in [0.5, 0.6) is 0 Å². The highest BCUT2D eigenvalue weighted by Crippen LogP contribution is 2.32. The fourth-order valence-electron chi connectivity index (χ4n) is 2.35. The molecule has 1 aliphatic rings. The zero-order valence-electron chi connectivity index (χ0n) is 10.8. The molecule has 4 nitrogen and oxygen atoms in total.